The van der Waals surface area contributed by atoms with E-state index < -0.39 is 4.92 Å². The number of amides is 1. The number of carbonyl (C=O) groups is 1. The third kappa shape index (κ3) is 4.20. The molecule has 1 aliphatic heterocycles. The van der Waals surface area contributed by atoms with Crippen LogP contribution in [0.2, 0.25) is 0 Å². The second-order valence-electron chi connectivity index (χ2n) is 7.96. The van der Waals surface area contributed by atoms with Crippen LogP contribution in [0.1, 0.15) is 29.3 Å². The van der Waals surface area contributed by atoms with Crippen molar-refractivity contribution in [3.8, 4) is 11.4 Å². The first-order valence-electron chi connectivity index (χ1n) is 10.6. The highest BCUT2D eigenvalue weighted by atomic mass is 16.6. The number of furan rings is 1. The summed E-state index contributed by atoms with van der Waals surface area (Å²) in [5.41, 5.74) is 3.33. The molecule has 4 aromatic rings. The average molecular weight is 456 g/mol. The van der Waals surface area contributed by atoms with Crippen molar-refractivity contribution in [1.29, 1.82) is 0 Å². The molecule has 170 valence electrons. The normalized spacial score (nSPS) is 15.4. The molecule has 0 spiro atoms. The minimum absolute atomic E-state index is 0.0544. The summed E-state index contributed by atoms with van der Waals surface area (Å²) < 4.78 is 6.98. The molecule has 1 atom stereocenters. The molecule has 1 aliphatic rings. The van der Waals surface area contributed by atoms with Crippen molar-refractivity contribution in [2.75, 3.05) is 0 Å². The molecule has 34 heavy (non-hydrogen) atoms. The van der Waals surface area contributed by atoms with E-state index in [0.29, 0.717) is 23.6 Å². The molecule has 0 bridgehead atoms. The van der Waals surface area contributed by atoms with Gasteiger partial charge in [0.2, 0.25) is 0 Å². The molecule has 0 N–H and O–H groups in total. The van der Waals surface area contributed by atoms with Gasteiger partial charge in [-0.15, -0.1) is 0 Å². The van der Waals surface area contributed by atoms with E-state index in [9.17, 15) is 14.9 Å². The van der Waals surface area contributed by atoms with E-state index >= 15 is 0 Å². The summed E-state index contributed by atoms with van der Waals surface area (Å²) in [6, 6.07) is 17.3. The summed E-state index contributed by atoms with van der Waals surface area (Å²) in [4.78, 5) is 28.0. The maximum absolute atomic E-state index is 13.2. The van der Waals surface area contributed by atoms with Gasteiger partial charge in [-0.25, -0.2) is 14.7 Å². The number of hydrogen-bond donors (Lipinski definition) is 0. The van der Waals surface area contributed by atoms with Crippen molar-refractivity contribution in [2.45, 2.75) is 25.9 Å². The summed E-state index contributed by atoms with van der Waals surface area (Å²) in [5, 5.41) is 21.4. The van der Waals surface area contributed by atoms with Gasteiger partial charge in [-0.2, -0.15) is 10.2 Å². The number of aromatic nitrogens is 3. The summed E-state index contributed by atoms with van der Waals surface area (Å²) >= 11 is 0. The first-order valence-corrected chi connectivity index (χ1v) is 10.6. The number of hydrogen-bond acceptors (Lipinski definition) is 7. The first-order chi connectivity index (χ1) is 16.5. The van der Waals surface area contributed by atoms with Crippen LogP contribution in [-0.4, -0.2) is 36.3 Å². The van der Waals surface area contributed by atoms with Gasteiger partial charge in [-0.3, -0.25) is 14.9 Å². The van der Waals surface area contributed by atoms with E-state index in [1.54, 1.807) is 24.5 Å². The van der Waals surface area contributed by atoms with Crippen molar-refractivity contribution in [3.05, 3.63) is 100 Å². The van der Waals surface area contributed by atoms with Crippen molar-refractivity contribution in [3.63, 3.8) is 0 Å². The van der Waals surface area contributed by atoms with Crippen molar-refractivity contribution in [1.82, 2.24) is 19.8 Å². The van der Waals surface area contributed by atoms with E-state index in [4.69, 9.17) is 4.42 Å². The van der Waals surface area contributed by atoms with Gasteiger partial charge >= 0.3 is 0 Å². The fraction of sp³-hybridized carbons (Fsp3) is 0.167. The van der Waals surface area contributed by atoms with Gasteiger partial charge in [-0.05, 0) is 24.6 Å². The van der Waals surface area contributed by atoms with E-state index in [2.05, 4.69) is 15.2 Å². The Morgan fingerprint density at radius 2 is 1.97 bits per heavy atom. The summed E-state index contributed by atoms with van der Waals surface area (Å²) in [5.74, 6) is 0.665. The maximum atomic E-state index is 13.2. The quantitative estimate of drug-likeness (QED) is 0.318. The SMILES string of the molecule is Cc1ccc(C2=NN(C(=O)Cn3cnc(-c4cccc([N+](=O)[O-])c4)n3)C(c3ccco3)C2)cc1. The lowest BCUT2D eigenvalue weighted by Gasteiger charge is -2.19. The Balaban J connectivity index is 1.38. The number of benzene rings is 2. The molecule has 10 nitrogen and oxygen atoms in total. The third-order valence-electron chi connectivity index (χ3n) is 5.57. The highest BCUT2D eigenvalue weighted by Crippen LogP contribution is 2.33. The topological polar surface area (TPSA) is 120 Å². The zero-order chi connectivity index (χ0) is 23.7. The van der Waals surface area contributed by atoms with Gasteiger partial charge < -0.3 is 4.42 Å². The van der Waals surface area contributed by atoms with Crippen LogP contribution in [0.5, 0.6) is 0 Å². The number of rotatable bonds is 6. The van der Waals surface area contributed by atoms with E-state index in [-0.39, 0.29) is 24.2 Å². The van der Waals surface area contributed by atoms with Crippen LogP contribution in [0.15, 0.2) is 82.8 Å². The predicted octanol–water partition coefficient (Wildman–Crippen LogP) is 4.13. The van der Waals surface area contributed by atoms with Crippen LogP contribution in [0, 0.1) is 17.0 Å². The Morgan fingerprint density at radius 1 is 1.15 bits per heavy atom. The monoisotopic (exact) mass is 456 g/mol. The largest absolute Gasteiger partial charge is 0.467 e. The zero-order valence-electron chi connectivity index (χ0n) is 18.2. The summed E-state index contributed by atoms with van der Waals surface area (Å²) in [6.07, 6.45) is 3.53. The second-order valence-corrected chi connectivity index (χ2v) is 7.96. The van der Waals surface area contributed by atoms with E-state index in [0.717, 1.165) is 16.8 Å². The number of nitro groups is 1. The lowest BCUT2D eigenvalue weighted by Crippen LogP contribution is -2.30. The maximum Gasteiger partial charge on any atom is 0.270 e. The second kappa shape index (κ2) is 8.74. The Labute approximate surface area is 194 Å². The van der Waals surface area contributed by atoms with Crippen molar-refractivity contribution >= 4 is 17.3 Å². The molecule has 5 rings (SSSR count). The highest BCUT2D eigenvalue weighted by Gasteiger charge is 2.35. The number of nitrogens with zero attached hydrogens (tertiary/aromatic N) is 6. The summed E-state index contributed by atoms with van der Waals surface area (Å²) in [6.45, 7) is 1.92. The molecular weight excluding hydrogens is 436 g/mol. The van der Waals surface area contributed by atoms with Crippen LogP contribution in [-0.2, 0) is 11.3 Å². The number of carbonyl (C=O) groups excluding carboxylic acids is 1. The molecule has 10 heteroatoms. The van der Waals surface area contributed by atoms with Crippen LogP contribution >= 0.6 is 0 Å². The number of nitro benzene ring substituents is 1. The lowest BCUT2D eigenvalue weighted by molar-refractivity contribution is -0.384. The van der Waals surface area contributed by atoms with Gasteiger partial charge in [-0.1, -0.05) is 42.0 Å². The molecule has 2 aromatic carbocycles. The molecule has 1 amide bonds. The molecule has 2 aromatic heterocycles. The zero-order valence-corrected chi connectivity index (χ0v) is 18.2. The average Bonchev–Trinajstić information content (AvgIpc) is 3.60. The number of aryl methyl sites for hydroxylation is 1. The smallest absolute Gasteiger partial charge is 0.270 e. The van der Waals surface area contributed by atoms with Crippen LogP contribution < -0.4 is 0 Å². The number of non-ortho nitro benzene ring substituents is 1. The van der Waals surface area contributed by atoms with Crippen molar-refractivity contribution in [2.24, 2.45) is 5.10 Å². The lowest BCUT2D eigenvalue weighted by atomic mass is 10.0. The standard InChI is InChI=1S/C24H20N6O4/c1-16-7-9-17(10-8-16)20-13-21(22-6-3-11-34-22)29(26-20)23(31)14-28-15-25-24(27-28)18-4-2-5-19(12-18)30(32)33/h2-12,15,21H,13-14H2,1H3. The molecular formula is C24H20N6O4. The molecule has 0 saturated heterocycles. The Hall–Kier alpha value is -4.60. The first kappa shape index (κ1) is 21.3. The highest BCUT2D eigenvalue weighted by molar-refractivity contribution is 6.03. The van der Waals surface area contributed by atoms with Crippen LogP contribution in [0.25, 0.3) is 11.4 Å². The fourth-order valence-electron chi connectivity index (χ4n) is 3.84. The Morgan fingerprint density at radius 3 is 2.71 bits per heavy atom. The molecule has 0 aliphatic carbocycles. The van der Waals surface area contributed by atoms with Gasteiger partial charge in [0.05, 0.1) is 16.9 Å². The van der Waals surface area contributed by atoms with E-state index in [1.165, 1.54) is 28.2 Å². The summed E-state index contributed by atoms with van der Waals surface area (Å²) in [7, 11) is 0. The Bertz CT molecular complexity index is 1370. The molecule has 0 saturated carbocycles. The third-order valence-corrected chi connectivity index (χ3v) is 5.57. The van der Waals surface area contributed by atoms with Crippen molar-refractivity contribution < 1.29 is 14.1 Å². The molecule has 1 unspecified atom stereocenters. The molecule has 0 fully saturated rings. The predicted molar refractivity (Wildman–Crippen MR) is 123 cm³/mol. The minimum atomic E-state index is -0.476. The molecule has 3 heterocycles. The number of hydrazone groups is 1. The Kier molecular flexibility index (Phi) is 5.46. The molecule has 0 radical (unpaired) electrons. The fourth-order valence-corrected chi connectivity index (χ4v) is 3.84. The minimum Gasteiger partial charge on any atom is -0.467 e. The van der Waals surface area contributed by atoms with Gasteiger partial charge in [0.25, 0.3) is 11.6 Å². The van der Waals surface area contributed by atoms with Crippen LogP contribution in [0.3, 0.4) is 0 Å². The van der Waals surface area contributed by atoms with Crippen LogP contribution in [0.4, 0.5) is 5.69 Å². The van der Waals surface area contributed by atoms with Gasteiger partial charge in [0.1, 0.15) is 24.7 Å². The van der Waals surface area contributed by atoms with E-state index in [1.807, 2.05) is 37.3 Å². The van der Waals surface area contributed by atoms with Gasteiger partial charge in [0, 0.05) is 24.1 Å². The van der Waals surface area contributed by atoms with Gasteiger partial charge in [0.15, 0.2) is 5.82 Å².